The van der Waals surface area contributed by atoms with Crippen LogP contribution in [0.2, 0.25) is 0 Å². The zero-order chi connectivity index (χ0) is 42.6. The zero-order valence-electron chi connectivity index (χ0n) is 36.0. The molecular weight excluding hydrogens is 753 g/mol. The summed E-state index contributed by atoms with van der Waals surface area (Å²) in [5, 5.41) is 3.08. The van der Waals surface area contributed by atoms with Crippen LogP contribution in [0.3, 0.4) is 0 Å². The average molecular weight is 815 g/mol. The number of fused-ring (bicyclic) bond motifs is 8. The Balaban J connectivity index is 1.59. The summed E-state index contributed by atoms with van der Waals surface area (Å²) in [4.78, 5) is 57.9. The quantitative estimate of drug-likeness (QED) is 0.0751. The number of nitrogens with zero attached hydrogens (tertiary/aromatic N) is 2. The van der Waals surface area contributed by atoms with Gasteiger partial charge in [0.25, 0.3) is 5.91 Å². The molecule has 5 heterocycles. The van der Waals surface area contributed by atoms with E-state index in [1.165, 1.54) is 14.2 Å². The van der Waals surface area contributed by atoms with Crippen molar-refractivity contribution in [2.45, 2.75) is 91.9 Å². The van der Waals surface area contributed by atoms with Crippen LogP contribution in [0.5, 0.6) is 0 Å². The summed E-state index contributed by atoms with van der Waals surface area (Å²) in [6.07, 6.45) is 2.55. The Bertz CT molecular complexity index is 2190. The molecule has 2 aliphatic heterocycles. The largest absolute Gasteiger partial charge is 0.469 e. The topological polar surface area (TPSA) is 193 Å². The number of rotatable bonds is 20. The van der Waals surface area contributed by atoms with Crippen LogP contribution in [0.15, 0.2) is 18.2 Å². The Morgan fingerprint density at radius 2 is 1.37 bits per heavy atom. The van der Waals surface area contributed by atoms with Crippen LogP contribution in [0.1, 0.15) is 109 Å². The highest BCUT2D eigenvalue weighted by molar-refractivity contribution is 6.27. The fourth-order valence-corrected chi connectivity index (χ4v) is 7.75. The lowest BCUT2D eigenvalue weighted by Crippen LogP contribution is -2.27. The maximum Gasteiger partial charge on any atom is 0.310 e. The van der Waals surface area contributed by atoms with E-state index in [2.05, 4.69) is 62.0 Å². The Morgan fingerprint density at radius 3 is 2.02 bits per heavy atom. The van der Waals surface area contributed by atoms with Crippen molar-refractivity contribution in [3.05, 3.63) is 68.8 Å². The molecule has 3 aromatic rings. The van der Waals surface area contributed by atoms with Crippen molar-refractivity contribution in [2.24, 2.45) is 5.73 Å². The van der Waals surface area contributed by atoms with Gasteiger partial charge in [-0.3, -0.25) is 19.4 Å². The molecule has 5 rings (SSSR count). The van der Waals surface area contributed by atoms with E-state index in [4.69, 9.17) is 39.4 Å². The van der Waals surface area contributed by atoms with Gasteiger partial charge in [-0.2, -0.15) is 0 Å². The lowest BCUT2D eigenvalue weighted by molar-refractivity contribution is -0.141. The molecule has 3 aromatic heterocycles. The van der Waals surface area contributed by atoms with E-state index in [9.17, 15) is 14.4 Å². The first-order valence-electron chi connectivity index (χ1n) is 20.7. The van der Waals surface area contributed by atoms with Crippen molar-refractivity contribution >= 4 is 51.1 Å². The van der Waals surface area contributed by atoms with Gasteiger partial charge in [0.2, 0.25) is 0 Å². The van der Waals surface area contributed by atoms with Crippen LogP contribution < -0.4 is 11.1 Å². The third-order valence-corrected chi connectivity index (χ3v) is 11.5. The molecule has 0 spiro atoms. The fraction of sp³-hybridized carbons (Fsp3) is 0.533. The maximum absolute atomic E-state index is 14.4. The summed E-state index contributed by atoms with van der Waals surface area (Å²) >= 11 is 0. The van der Waals surface area contributed by atoms with Gasteiger partial charge in [-0.25, -0.2) is 4.98 Å². The minimum atomic E-state index is -0.499. The molecule has 2 atom stereocenters. The van der Waals surface area contributed by atoms with Crippen molar-refractivity contribution < 1.29 is 38.1 Å². The van der Waals surface area contributed by atoms with Gasteiger partial charge in [0.05, 0.1) is 69.7 Å². The lowest BCUT2D eigenvalue weighted by atomic mass is 9.84. The molecular formula is C45H62N6O8. The Morgan fingerprint density at radius 1 is 0.763 bits per heavy atom. The van der Waals surface area contributed by atoms with Crippen LogP contribution in [0.4, 0.5) is 0 Å². The number of aromatic amines is 2. The molecule has 0 aromatic carbocycles. The lowest BCUT2D eigenvalue weighted by Gasteiger charge is -2.18. The molecule has 320 valence electrons. The van der Waals surface area contributed by atoms with Crippen LogP contribution in [-0.2, 0) is 50.9 Å². The molecule has 2 aliphatic rings. The minimum absolute atomic E-state index is 0.146. The molecule has 8 bridgehead atoms. The van der Waals surface area contributed by atoms with E-state index in [-0.39, 0.29) is 36.6 Å². The van der Waals surface area contributed by atoms with Gasteiger partial charge >= 0.3 is 11.9 Å². The molecule has 14 heteroatoms. The second kappa shape index (κ2) is 21.4. The van der Waals surface area contributed by atoms with Crippen LogP contribution in [0.25, 0.3) is 33.2 Å². The third-order valence-electron chi connectivity index (χ3n) is 11.5. The first kappa shape index (κ1) is 45.2. The number of ether oxygens (including phenoxy) is 5. The smallest absolute Gasteiger partial charge is 0.310 e. The van der Waals surface area contributed by atoms with E-state index >= 15 is 0 Å². The van der Waals surface area contributed by atoms with E-state index in [1.807, 2.05) is 13.0 Å². The van der Waals surface area contributed by atoms with Crippen molar-refractivity contribution in [1.29, 1.82) is 0 Å². The Labute approximate surface area is 347 Å². The predicted octanol–water partition coefficient (Wildman–Crippen LogP) is 6.19. The minimum Gasteiger partial charge on any atom is -0.469 e. The van der Waals surface area contributed by atoms with E-state index < -0.39 is 5.97 Å². The second-order valence-corrected chi connectivity index (χ2v) is 15.1. The highest BCUT2D eigenvalue weighted by Crippen LogP contribution is 2.44. The van der Waals surface area contributed by atoms with Gasteiger partial charge < -0.3 is 44.7 Å². The summed E-state index contributed by atoms with van der Waals surface area (Å²) in [7, 11) is 2.71. The molecule has 0 radical (unpaired) electrons. The number of hydrogen-bond acceptors (Lipinski definition) is 11. The van der Waals surface area contributed by atoms with Gasteiger partial charge in [-0.1, -0.05) is 13.8 Å². The molecule has 0 saturated carbocycles. The number of allylic oxidation sites excluding steroid dienone is 1. The first-order valence-corrected chi connectivity index (χ1v) is 20.7. The summed E-state index contributed by atoms with van der Waals surface area (Å²) in [5.74, 6) is -1.60. The molecule has 2 unspecified atom stereocenters. The van der Waals surface area contributed by atoms with Gasteiger partial charge in [-0.05, 0) is 106 Å². The summed E-state index contributed by atoms with van der Waals surface area (Å²) in [5.41, 5.74) is 17.6. The maximum atomic E-state index is 14.4. The van der Waals surface area contributed by atoms with E-state index in [0.717, 1.165) is 62.9 Å². The predicted molar refractivity (Wildman–Crippen MR) is 229 cm³/mol. The number of esters is 2. The molecule has 0 fully saturated rings. The zero-order valence-corrected chi connectivity index (χ0v) is 36.0. The van der Waals surface area contributed by atoms with E-state index in [0.29, 0.717) is 99.4 Å². The Hall–Kier alpha value is -4.89. The van der Waals surface area contributed by atoms with Crippen molar-refractivity contribution in [3.8, 4) is 0 Å². The molecule has 5 N–H and O–H groups in total. The number of nitrogens with two attached hydrogens (primary N) is 1. The molecule has 0 saturated heterocycles. The van der Waals surface area contributed by atoms with E-state index in [1.54, 1.807) is 0 Å². The summed E-state index contributed by atoms with van der Waals surface area (Å²) < 4.78 is 27.0. The first-order chi connectivity index (χ1) is 28.4. The highest BCUT2D eigenvalue weighted by atomic mass is 16.5. The average Bonchev–Trinajstić information content (AvgIpc) is 3.90. The van der Waals surface area contributed by atoms with Crippen molar-refractivity contribution in [3.63, 3.8) is 0 Å². The SMILES string of the molecule is CCc1c(C)c2cc3[nH]c(cc4nc(c(CC(=O)OC)c5nc(cc1[nH]2)C(C)=C5C(=O)NCCCOCCOCCOCCCN)C(CCC(=O)OC)C4C)c(C)c3C. The number of carbonyl (C=O) groups is 3. The second-order valence-electron chi connectivity index (χ2n) is 15.1. The van der Waals surface area contributed by atoms with Gasteiger partial charge in [-0.15, -0.1) is 0 Å². The molecule has 1 amide bonds. The monoisotopic (exact) mass is 814 g/mol. The molecule has 0 aliphatic carbocycles. The fourth-order valence-electron chi connectivity index (χ4n) is 7.75. The highest BCUT2D eigenvalue weighted by Gasteiger charge is 2.35. The number of hydrogen-bond donors (Lipinski definition) is 4. The summed E-state index contributed by atoms with van der Waals surface area (Å²) in [6, 6.07) is 6.18. The van der Waals surface area contributed by atoms with Crippen LogP contribution in [0, 0.1) is 20.8 Å². The number of H-pyrrole nitrogens is 2. The Kier molecular flexibility index (Phi) is 16.4. The third kappa shape index (κ3) is 10.8. The van der Waals surface area contributed by atoms with Crippen molar-refractivity contribution in [2.75, 3.05) is 67.0 Å². The molecule has 59 heavy (non-hydrogen) atoms. The normalized spacial score (nSPS) is 15.1. The number of amides is 1. The number of carbonyl (C=O) groups excluding carboxylic acids is 3. The van der Waals surface area contributed by atoms with Gasteiger partial charge in [0.1, 0.15) is 0 Å². The summed E-state index contributed by atoms with van der Waals surface area (Å²) in [6.45, 7) is 16.2. The number of methoxy groups -OCH3 is 2. The van der Waals surface area contributed by atoms with Gasteiger partial charge in [0.15, 0.2) is 0 Å². The standard InChI is InChI=1S/C45H62N6O8/c1-9-31-28(4)36-23-34-26(2)27(3)35(48-34)24-37-29(5)32(12-13-40(52)55-7)43(50-37)33(22-41(53)56-8)44-42(30(6)38(51-44)25-39(31)49-36)45(54)47-15-11-17-58-19-21-59-20-18-57-16-10-14-46/h23-25,29,32,48-49H,9-22,46H2,1-8H3,(H,47,54). The van der Waals surface area contributed by atoms with Crippen LogP contribution in [-0.4, -0.2) is 105 Å². The molecule has 14 nitrogen and oxygen atoms in total. The van der Waals surface area contributed by atoms with Crippen LogP contribution >= 0.6 is 0 Å². The number of nitrogens with one attached hydrogen (secondary N) is 3. The number of aryl methyl sites for hydroxylation is 4. The van der Waals surface area contributed by atoms with Gasteiger partial charge in [0, 0.05) is 71.3 Å². The number of aromatic nitrogens is 4. The van der Waals surface area contributed by atoms with Crippen molar-refractivity contribution in [1.82, 2.24) is 25.3 Å².